The highest BCUT2D eigenvalue weighted by molar-refractivity contribution is 7.11. The van der Waals surface area contributed by atoms with E-state index in [4.69, 9.17) is 10.5 Å². The molecular weight excluding hydrogens is 248 g/mol. The van der Waals surface area contributed by atoms with E-state index in [9.17, 15) is 0 Å². The van der Waals surface area contributed by atoms with Crippen molar-refractivity contribution in [2.75, 3.05) is 38.8 Å². The van der Waals surface area contributed by atoms with E-state index in [0.717, 1.165) is 18.0 Å². The fourth-order valence-electron chi connectivity index (χ4n) is 1.96. The number of hydrogen-bond acceptors (Lipinski definition) is 6. The van der Waals surface area contributed by atoms with Gasteiger partial charge in [-0.3, -0.25) is 0 Å². The van der Waals surface area contributed by atoms with E-state index in [2.05, 4.69) is 42.5 Å². The quantitative estimate of drug-likeness (QED) is 0.796. The maximum absolute atomic E-state index is 5.75. The maximum Gasteiger partial charge on any atom is 0.197 e. The van der Waals surface area contributed by atoms with Crippen molar-refractivity contribution in [3.05, 3.63) is 0 Å². The van der Waals surface area contributed by atoms with Crippen LogP contribution in [0.15, 0.2) is 0 Å². The topological polar surface area (TPSA) is 63.4 Å². The standard InChI is InChI=1S/C12H24N4OS/c1-8(2)6-9(7-16(3)4)14-12-10(17-5)11(13)15-18-12/h8-9,14H,6-7H2,1-5H3,(H2,13,15). The fraction of sp³-hybridized carbons (Fsp3) is 0.750. The summed E-state index contributed by atoms with van der Waals surface area (Å²) < 4.78 is 9.39. The van der Waals surface area contributed by atoms with Crippen molar-refractivity contribution >= 4 is 22.4 Å². The van der Waals surface area contributed by atoms with Gasteiger partial charge in [0.1, 0.15) is 0 Å². The van der Waals surface area contributed by atoms with Crippen LogP contribution in [-0.2, 0) is 0 Å². The van der Waals surface area contributed by atoms with Gasteiger partial charge in [-0.05, 0) is 38.0 Å². The molecule has 1 unspecified atom stereocenters. The normalized spacial score (nSPS) is 13.1. The molecule has 0 aromatic carbocycles. The Balaban J connectivity index is 2.75. The molecule has 0 radical (unpaired) electrons. The van der Waals surface area contributed by atoms with Gasteiger partial charge in [0, 0.05) is 12.6 Å². The summed E-state index contributed by atoms with van der Waals surface area (Å²) in [6.07, 6.45) is 1.10. The highest BCUT2D eigenvalue weighted by atomic mass is 32.1. The molecule has 1 aromatic heterocycles. The monoisotopic (exact) mass is 272 g/mol. The molecule has 0 aliphatic carbocycles. The molecule has 0 aliphatic heterocycles. The third kappa shape index (κ3) is 4.34. The zero-order valence-electron chi connectivity index (χ0n) is 11.9. The first-order chi connectivity index (χ1) is 8.43. The first kappa shape index (κ1) is 15.0. The van der Waals surface area contributed by atoms with Crippen LogP contribution in [0.5, 0.6) is 5.75 Å². The SMILES string of the molecule is COc1c(N)nsc1NC(CC(C)C)CN(C)C. The number of likely N-dealkylation sites (N-methyl/N-ethyl adjacent to an activating group) is 1. The van der Waals surface area contributed by atoms with Crippen molar-refractivity contribution in [2.45, 2.75) is 26.3 Å². The Morgan fingerprint density at radius 1 is 1.44 bits per heavy atom. The van der Waals surface area contributed by atoms with Crippen LogP contribution in [0.2, 0.25) is 0 Å². The summed E-state index contributed by atoms with van der Waals surface area (Å²) >= 11 is 1.35. The number of hydrogen-bond donors (Lipinski definition) is 2. The summed E-state index contributed by atoms with van der Waals surface area (Å²) in [5.41, 5.74) is 5.75. The summed E-state index contributed by atoms with van der Waals surface area (Å²) in [5, 5.41) is 4.41. The number of nitrogens with two attached hydrogens (primary N) is 1. The van der Waals surface area contributed by atoms with Crippen molar-refractivity contribution in [2.24, 2.45) is 5.92 Å². The van der Waals surface area contributed by atoms with Crippen LogP contribution in [-0.4, -0.2) is 43.1 Å². The van der Waals surface area contributed by atoms with Crippen LogP contribution in [0.4, 0.5) is 10.8 Å². The molecule has 1 heterocycles. The molecule has 104 valence electrons. The van der Waals surface area contributed by atoms with Crippen molar-refractivity contribution in [1.29, 1.82) is 0 Å². The van der Waals surface area contributed by atoms with Gasteiger partial charge < -0.3 is 20.7 Å². The molecule has 18 heavy (non-hydrogen) atoms. The van der Waals surface area contributed by atoms with Gasteiger partial charge in [0.05, 0.1) is 7.11 Å². The second kappa shape index (κ2) is 6.80. The summed E-state index contributed by atoms with van der Waals surface area (Å²) in [6.45, 7) is 5.42. The third-order valence-corrected chi connectivity index (χ3v) is 3.33. The minimum atomic E-state index is 0.369. The van der Waals surface area contributed by atoms with E-state index < -0.39 is 0 Å². The minimum absolute atomic E-state index is 0.369. The number of nitrogens with one attached hydrogen (secondary N) is 1. The zero-order valence-corrected chi connectivity index (χ0v) is 12.7. The minimum Gasteiger partial charge on any atom is -0.490 e. The lowest BCUT2D eigenvalue weighted by Gasteiger charge is -2.24. The largest absolute Gasteiger partial charge is 0.490 e. The number of nitrogen functional groups attached to an aromatic ring is 1. The van der Waals surface area contributed by atoms with Gasteiger partial charge in [-0.1, -0.05) is 13.8 Å². The Labute approximate surface area is 113 Å². The highest BCUT2D eigenvalue weighted by Gasteiger charge is 2.17. The molecule has 1 rings (SSSR count). The number of anilines is 2. The molecule has 0 saturated heterocycles. The van der Waals surface area contributed by atoms with Gasteiger partial charge >= 0.3 is 0 Å². The Kier molecular flexibility index (Phi) is 5.68. The maximum atomic E-state index is 5.75. The van der Waals surface area contributed by atoms with Crippen LogP contribution >= 0.6 is 11.5 Å². The molecule has 0 saturated carbocycles. The molecule has 5 nitrogen and oxygen atoms in total. The summed E-state index contributed by atoms with van der Waals surface area (Å²) in [6, 6.07) is 0.369. The number of ether oxygens (including phenoxy) is 1. The van der Waals surface area contributed by atoms with Crippen LogP contribution < -0.4 is 15.8 Å². The third-order valence-electron chi connectivity index (χ3n) is 2.55. The van der Waals surface area contributed by atoms with E-state index in [0.29, 0.717) is 23.5 Å². The first-order valence-corrected chi connectivity index (χ1v) is 6.91. The zero-order chi connectivity index (χ0) is 13.7. The molecule has 0 bridgehead atoms. The van der Waals surface area contributed by atoms with Gasteiger partial charge in [-0.2, -0.15) is 4.37 Å². The second-order valence-electron chi connectivity index (χ2n) is 5.16. The average molecular weight is 272 g/mol. The van der Waals surface area contributed by atoms with Gasteiger partial charge in [0.25, 0.3) is 0 Å². The van der Waals surface area contributed by atoms with Gasteiger partial charge in [0.15, 0.2) is 16.6 Å². The molecule has 0 aliphatic rings. The lowest BCUT2D eigenvalue weighted by Crippen LogP contribution is -2.33. The van der Waals surface area contributed by atoms with Crippen LogP contribution in [0.3, 0.4) is 0 Å². The molecular formula is C12H24N4OS. The Morgan fingerprint density at radius 3 is 2.61 bits per heavy atom. The Hall–Kier alpha value is -1.01. The first-order valence-electron chi connectivity index (χ1n) is 6.14. The molecule has 0 fully saturated rings. The van der Waals surface area contributed by atoms with Crippen molar-refractivity contribution in [3.8, 4) is 5.75 Å². The summed E-state index contributed by atoms with van der Waals surface area (Å²) in [7, 11) is 5.77. The molecule has 0 amide bonds. The molecule has 6 heteroatoms. The average Bonchev–Trinajstić information content (AvgIpc) is 2.57. The number of rotatable bonds is 7. The lowest BCUT2D eigenvalue weighted by molar-refractivity contribution is 0.355. The summed E-state index contributed by atoms with van der Waals surface area (Å²) in [4.78, 5) is 2.18. The lowest BCUT2D eigenvalue weighted by atomic mass is 10.0. The van der Waals surface area contributed by atoms with Crippen molar-refractivity contribution < 1.29 is 4.74 Å². The molecule has 1 aromatic rings. The Bertz CT molecular complexity index is 355. The van der Waals surface area contributed by atoms with Crippen molar-refractivity contribution in [3.63, 3.8) is 0 Å². The smallest absolute Gasteiger partial charge is 0.197 e. The summed E-state index contributed by atoms with van der Waals surface area (Å²) in [5.74, 6) is 1.75. The van der Waals surface area contributed by atoms with E-state index in [1.807, 2.05) is 0 Å². The fourth-order valence-corrected chi connectivity index (χ4v) is 2.72. The number of aromatic nitrogens is 1. The number of methoxy groups -OCH3 is 1. The van der Waals surface area contributed by atoms with Crippen LogP contribution in [0.1, 0.15) is 20.3 Å². The predicted molar refractivity (Wildman–Crippen MR) is 78.5 cm³/mol. The van der Waals surface area contributed by atoms with Crippen molar-refractivity contribution in [1.82, 2.24) is 9.27 Å². The number of nitrogens with zero attached hydrogens (tertiary/aromatic N) is 2. The van der Waals surface area contributed by atoms with Gasteiger partial charge in [-0.25, -0.2) is 0 Å². The van der Waals surface area contributed by atoms with E-state index in [1.54, 1.807) is 7.11 Å². The molecule has 3 N–H and O–H groups in total. The second-order valence-corrected chi connectivity index (χ2v) is 5.94. The van der Waals surface area contributed by atoms with Gasteiger partial charge in [0.2, 0.25) is 0 Å². The Morgan fingerprint density at radius 2 is 2.11 bits per heavy atom. The van der Waals surface area contributed by atoms with E-state index in [-0.39, 0.29) is 0 Å². The highest BCUT2D eigenvalue weighted by Crippen LogP contribution is 2.35. The van der Waals surface area contributed by atoms with Crippen LogP contribution in [0, 0.1) is 5.92 Å². The van der Waals surface area contributed by atoms with E-state index in [1.165, 1.54) is 11.5 Å². The van der Waals surface area contributed by atoms with Crippen LogP contribution in [0.25, 0.3) is 0 Å². The van der Waals surface area contributed by atoms with Gasteiger partial charge in [-0.15, -0.1) is 0 Å². The van der Waals surface area contributed by atoms with E-state index >= 15 is 0 Å². The predicted octanol–water partition coefficient (Wildman–Crippen LogP) is 2.12. The molecule has 0 spiro atoms. The molecule has 1 atom stereocenters.